The number of hydrogen-bond acceptors (Lipinski definition) is 5. The molecule has 12 rings (SSSR count). The van der Waals surface area contributed by atoms with Crippen LogP contribution in [-0.4, -0.2) is 16.2 Å². The summed E-state index contributed by atoms with van der Waals surface area (Å²) < 4.78 is 15.9. The van der Waals surface area contributed by atoms with E-state index in [0.717, 1.165) is 94.3 Å². The van der Waals surface area contributed by atoms with Crippen LogP contribution in [-0.2, 0) is 0 Å². The van der Waals surface area contributed by atoms with Gasteiger partial charge in [-0.15, -0.1) is 0 Å². The third kappa shape index (κ3) is 4.84. The Hall–Kier alpha value is -7.70. The fraction of sp³-hybridized carbons (Fsp3) is 0.0196. The minimum atomic E-state index is -0.435. The number of hydrogen-bond donors (Lipinski definition) is 1. The highest BCUT2D eigenvalue weighted by molar-refractivity contribution is 6.22. The van der Waals surface area contributed by atoms with Crippen molar-refractivity contribution >= 4 is 77.4 Å². The Morgan fingerprint density at radius 3 is 1.74 bits per heavy atom. The molecule has 0 fully saturated rings. The molecule has 1 aliphatic heterocycles. The molecule has 0 saturated heterocycles. The summed E-state index contributed by atoms with van der Waals surface area (Å²) in [6.45, 7) is 0. The molecule has 0 saturated carbocycles. The lowest BCUT2D eigenvalue weighted by Crippen LogP contribution is -2.33. The monoisotopic (exact) mass is 732 g/mol. The van der Waals surface area contributed by atoms with Crippen molar-refractivity contribution in [3.8, 4) is 16.8 Å². The number of para-hydroxylation sites is 3. The Balaban J connectivity index is 1.08. The normalized spacial score (nSPS) is 14.5. The van der Waals surface area contributed by atoms with E-state index < -0.39 is 6.17 Å². The molecule has 6 nitrogen and oxygen atoms in total. The Kier molecular flexibility index (Phi) is 6.89. The van der Waals surface area contributed by atoms with Crippen molar-refractivity contribution in [2.75, 3.05) is 0 Å². The van der Waals surface area contributed by atoms with Gasteiger partial charge in [0.25, 0.3) is 0 Å². The van der Waals surface area contributed by atoms with E-state index >= 15 is 0 Å². The smallest absolute Gasteiger partial charge is 0.159 e. The predicted molar refractivity (Wildman–Crippen MR) is 233 cm³/mol. The third-order valence-corrected chi connectivity index (χ3v) is 11.3. The lowest BCUT2D eigenvalue weighted by atomic mass is 9.94. The minimum absolute atomic E-state index is 0.435. The molecule has 0 spiro atoms. The maximum absolute atomic E-state index is 6.86. The van der Waals surface area contributed by atoms with Crippen molar-refractivity contribution < 1.29 is 8.83 Å². The van der Waals surface area contributed by atoms with E-state index in [0.29, 0.717) is 5.84 Å². The van der Waals surface area contributed by atoms with Crippen molar-refractivity contribution in [3.63, 3.8) is 0 Å². The van der Waals surface area contributed by atoms with E-state index in [1.165, 1.54) is 10.8 Å². The number of aliphatic imine (C=N–C) groups is 2. The highest BCUT2D eigenvalue weighted by Gasteiger charge is 2.26. The van der Waals surface area contributed by atoms with E-state index in [1.54, 1.807) is 0 Å². The van der Waals surface area contributed by atoms with Gasteiger partial charge in [-0.25, -0.2) is 9.98 Å². The second-order valence-corrected chi connectivity index (χ2v) is 14.5. The van der Waals surface area contributed by atoms with Crippen LogP contribution < -0.4 is 5.32 Å². The first kappa shape index (κ1) is 31.6. The molecule has 1 unspecified atom stereocenters. The van der Waals surface area contributed by atoms with Crippen molar-refractivity contribution in [2.24, 2.45) is 9.98 Å². The zero-order valence-electron chi connectivity index (χ0n) is 30.6. The fourth-order valence-electron chi connectivity index (χ4n) is 8.82. The Morgan fingerprint density at radius 2 is 1.02 bits per heavy atom. The topological polar surface area (TPSA) is 68.0 Å². The number of nitrogens with zero attached hydrogens (tertiary/aromatic N) is 3. The molecule has 6 heteroatoms. The first-order valence-corrected chi connectivity index (χ1v) is 19.2. The number of nitrogens with one attached hydrogen (secondary N) is 1. The predicted octanol–water partition coefficient (Wildman–Crippen LogP) is 12.7. The number of aromatic nitrogens is 1. The van der Waals surface area contributed by atoms with Crippen LogP contribution in [0.2, 0.25) is 0 Å². The molecule has 3 aromatic heterocycles. The fourth-order valence-corrected chi connectivity index (χ4v) is 8.82. The third-order valence-electron chi connectivity index (χ3n) is 11.3. The molecular weight excluding hydrogens is 701 g/mol. The van der Waals surface area contributed by atoms with Crippen molar-refractivity contribution in [3.05, 3.63) is 199 Å². The first-order valence-electron chi connectivity index (χ1n) is 19.2. The zero-order chi connectivity index (χ0) is 37.5. The molecule has 0 bridgehead atoms. The minimum Gasteiger partial charge on any atom is -0.456 e. The van der Waals surface area contributed by atoms with Gasteiger partial charge in [0.1, 0.15) is 28.2 Å². The molecule has 0 radical (unpaired) electrons. The van der Waals surface area contributed by atoms with Gasteiger partial charge in [0, 0.05) is 43.6 Å². The quantitative estimate of drug-likeness (QED) is 0.192. The average Bonchev–Trinajstić information content (AvgIpc) is 3.97. The summed E-state index contributed by atoms with van der Waals surface area (Å²) in [6, 6.07) is 63.1. The molecule has 11 aromatic rings. The summed E-state index contributed by atoms with van der Waals surface area (Å²) in [5, 5.41) is 10.3. The van der Waals surface area contributed by atoms with Gasteiger partial charge < -0.3 is 18.7 Å². The van der Waals surface area contributed by atoms with Crippen molar-refractivity contribution in [1.82, 2.24) is 9.88 Å². The molecular formula is C51H32N4O2. The van der Waals surface area contributed by atoms with Crippen LogP contribution in [0.15, 0.2) is 201 Å². The highest BCUT2D eigenvalue weighted by atomic mass is 16.3. The van der Waals surface area contributed by atoms with Gasteiger partial charge in [0.2, 0.25) is 0 Å². The Labute approximate surface area is 326 Å². The van der Waals surface area contributed by atoms with Gasteiger partial charge in [0.15, 0.2) is 12.0 Å². The van der Waals surface area contributed by atoms with Crippen LogP contribution in [0.1, 0.15) is 22.9 Å². The summed E-state index contributed by atoms with van der Waals surface area (Å²) in [5.41, 5.74) is 11.7. The molecule has 1 aliphatic rings. The number of fused-ring (bicyclic) bond motifs is 9. The molecule has 0 aliphatic carbocycles. The van der Waals surface area contributed by atoms with Crippen LogP contribution in [0.25, 0.3) is 82.5 Å². The van der Waals surface area contributed by atoms with Gasteiger partial charge in [-0.05, 0) is 47.5 Å². The Bertz CT molecular complexity index is 3390. The molecule has 1 atom stereocenters. The number of benzene rings is 8. The number of rotatable bonds is 5. The summed E-state index contributed by atoms with van der Waals surface area (Å²) in [4.78, 5) is 10.2. The number of amidine groups is 2. The summed E-state index contributed by atoms with van der Waals surface area (Å²) in [6.07, 6.45) is -0.435. The van der Waals surface area contributed by atoms with E-state index in [9.17, 15) is 0 Å². The maximum Gasteiger partial charge on any atom is 0.159 e. The summed E-state index contributed by atoms with van der Waals surface area (Å²) in [5.74, 6) is 1.44. The van der Waals surface area contributed by atoms with E-state index in [-0.39, 0.29) is 0 Å². The highest BCUT2D eigenvalue weighted by Crippen LogP contribution is 2.46. The molecule has 0 amide bonds. The van der Waals surface area contributed by atoms with E-state index in [4.69, 9.17) is 18.8 Å². The van der Waals surface area contributed by atoms with E-state index in [1.807, 2.05) is 48.5 Å². The molecule has 8 aromatic carbocycles. The van der Waals surface area contributed by atoms with Crippen LogP contribution >= 0.6 is 0 Å². The molecule has 57 heavy (non-hydrogen) atoms. The van der Waals surface area contributed by atoms with Gasteiger partial charge in [-0.2, -0.15) is 0 Å². The standard InChI is InChI=1S/C51H32N4O2/c1-3-15-31(16-4-1)49-52-50(32-17-5-2-6-18-32)54-51(53-49)38-24-11-23-37-45-35(21-12-28-42(45)57-48(37)38)36-22-13-29-43-46(36)47-41(27-14-30-44(47)56-43)55-39-25-9-7-19-33(39)34-20-8-10-26-40(34)55/h1-30,51H,(H,52,53,54). The molecule has 268 valence electrons. The molecule has 4 heterocycles. The number of furan rings is 2. The lowest BCUT2D eigenvalue weighted by Gasteiger charge is -2.23. The van der Waals surface area contributed by atoms with Crippen LogP contribution in [0.4, 0.5) is 0 Å². The van der Waals surface area contributed by atoms with Gasteiger partial charge in [-0.3, -0.25) is 0 Å². The Morgan fingerprint density at radius 1 is 0.456 bits per heavy atom. The second kappa shape index (κ2) is 12.4. The first-order chi connectivity index (χ1) is 28.3. The van der Waals surface area contributed by atoms with Gasteiger partial charge >= 0.3 is 0 Å². The summed E-state index contributed by atoms with van der Waals surface area (Å²) >= 11 is 0. The summed E-state index contributed by atoms with van der Waals surface area (Å²) in [7, 11) is 0. The average molecular weight is 733 g/mol. The zero-order valence-corrected chi connectivity index (χ0v) is 30.6. The van der Waals surface area contributed by atoms with Crippen molar-refractivity contribution in [2.45, 2.75) is 6.17 Å². The maximum atomic E-state index is 6.86. The lowest BCUT2D eigenvalue weighted by molar-refractivity contribution is 0.628. The van der Waals surface area contributed by atoms with Crippen LogP contribution in [0, 0.1) is 0 Å². The van der Waals surface area contributed by atoms with Crippen LogP contribution in [0.3, 0.4) is 0 Å². The van der Waals surface area contributed by atoms with Crippen molar-refractivity contribution in [1.29, 1.82) is 0 Å². The van der Waals surface area contributed by atoms with Gasteiger partial charge in [0.05, 0.1) is 22.1 Å². The van der Waals surface area contributed by atoms with Crippen LogP contribution in [0.5, 0.6) is 0 Å². The van der Waals surface area contributed by atoms with E-state index in [2.05, 4.69) is 143 Å². The molecule has 1 N–H and O–H groups in total. The van der Waals surface area contributed by atoms with Gasteiger partial charge in [-0.1, -0.05) is 146 Å². The largest absolute Gasteiger partial charge is 0.456 e. The second-order valence-electron chi connectivity index (χ2n) is 14.5. The SMILES string of the molecule is c1ccc(C2=NC(c3cccc4c3oc3cccc(-c5cccc6oc7cccc(-n8c9ccccc9c9ccccc98)c7c56)c34)NC(c3ccccc3)=N2)cc1.